The van der Waals surface area contributed by atoms with E-state index in [0.717, 1.165) is 17.8 Å². The third kappa shape index (κ3) is 7.15. The van der Waals surface area contributed by atoms with Crippen molar-refractivity contribution in [2.45, 2.75) is 71.6 Å². The monoisotopic (exact) mass is 265 g/mol. The Hall–Kier alpha value is -0.300. The SMILES string of the molecule is C=CCCCCCC1CC(C)CCC1CNCCC. The number of unbranched alkanes of at least 4 members (excludes halogenated alkanes) is 3. The van der Waals surface area contributed by atoms with E-state index in [1.54, 1.807) is 0 Å². The molecule has 1 saturated carbocycles. The van der Waals surface area contributed by atoms with E-state index in [9.17, 15) is 0 Å². The average molecular weight is 265 g/mol. The molecular weight excluding hydrogens is 230 g/mol. The fourth-order valence-corrected chi connectivity index (χ4v) is 3.52. The largest absolute Gasteiger partial charge is 0.316 e. The molecule has 19 heavy (non-hydrogen) atoms. The Kier molecular flexibility index (Phi) is 9.24. The summed E-state index contributed by atoms with van der Waals surface area (Å²) in [6.07, 6.45) is 14.5. The second-order valence-electron chi connectivity index (χ2n) is 6.57. The Morgan fingerprint density at radius 1 is 1.16 bits per heavy atom. The maximum atomic E-state index is 3.80. The van der Waals surface area contributed by atoms with Crippen LogP contribution in [-0.2, 0) is 0 Å². The lowest BCUT2D eigenvalue weighted by molar-refractivity contribution is 0.171. The zero-order valence-corrected chi connectivity index (χ0v) is 13.3. The van der Waals surface area contributed by atoms with Crippen molar-refractivity contribution in [2.24, 2.45) is 17.8 Å². The smallest absolute Gasteiger partial charge is 0.00179 e. The molecule has 1 rings (SSSR count). The predicted molar refractivity (Wildman–Crippen MR) is 86.4 cm³/mol. The van der Waals surface area contributed by atoms with E-state index in [1.165, 1.54) is 70.9 Å². The van der Waals surface area contributed by atoms with E-state index in [2.05, 4.69) is 31.8 Å². The molecule has 3 atom stereocenters. The molecule has 3 unspecified atom stereocenters. The van der Waals surface area contributed by atoms with Crippen molar-refractivity contribution in [3.8, 4) is 0 Å². The molecule has 0 spiro atoms. The third-order valence-corrected chi connectivity index (χ3v) is 4.72. The van der Waals surface area contributed by atoms with Gasteiger partial charge in [0.05, 0.1) is 0 Å². The quantitative estimate of drug-likeness (QED) is 0.424. The maximum absolute atomic E-state index is 3.80. The Morgan fingerprint density at radius 2 is 2.00 bits per heavy atom. The highest BCUT2D eigenvalue weighted by molar-refractivity contribution is 4.80. The Balaban J connectivity index is 2.24. The molecule has 0 aromatic heterocycles. The molecule has 0 aromatic carbocycles. The average Bonchev–Trinajstić information content (AvgIpc) is 2.41. The standard InChI is InChI=1S/C18H35N/c1-4-6-7-8-9-10-17-14-16(3)11-12-18(17)15-19-13-5-2/h4,16-19H,1,5-15H2,2-3H3. The van der Waals surface area contributed by atoms with E-state index in [-0.39, 0.29) is 0 Å². The third-order valence-electron chi connectivity index (χ3n) is 4.72. The number of nitrogens with one attached hydrogen (secondary N) is 1. The van der Waals surface area contributed by atoms with Crippen LogP contribution in [0.5, 0.6) is 0 Å². The molecular formula is C18H35N. The highest BCUT2D eigenvalue weighted by Crippen LogP contribution is 2.36. The van der Waals surface area contributed by atoms with Crippen molar-refractivity contribution in [3.05, 3.63) is 12.7 Å². The van der Waals surface area contributed by atoms with E-state index in [1.807, 2.05) is 0 Å². The maximum Gasteiger partial charge on any atom is -0.00179 e. The van der Waals surface area contributed by atoms with Crippen molar-refractivity contribution in [1.82, 2.24) is 5.32 Å². The fraction of sp³-hybridized carbons (Fsp3) is 0.889. The van der Waals surface area contributed by atoms with Crippen LogP contribution in [0.2, 0.25) is 0 Å². The minimum atomic E-state index is 0.946. The number of allylic oxidation sites excluding steroid dienone is 1. The normalized spacial score (nSPS) is 27.4. The summed E-state index contributed by atoms with van der Waals surface area (Å²) in [5.74, 6) is 2.89. The summed E-state index contributed by atoms with van der Waals surface area (Å²) in [7, 11) is 0. The van der Waals surface area contributed by atoms with Crippen LogP contribution >= 0.6 is 0 Å². The van der Waals surface area contributed by atoms with Crippen LogP contribution in [0.25, 0.3) is 0 Å². The summed E-state index contributed by atoms with van der Waals surface area (Å²) in [6, 6.07) is 0. The molecule has 1 N–H and O–H groups in total. The second kappa shape index (κ2) is 10.5. The van der Waals surface area contributed by atoms with Gasteiger partial charge in [-0.2, -0.15) is 0 Å². The molecule has 0 bridgehead atoms. The van der Waals surface area contributed by atoms with Gasteiger partial charge in [-0.05, 0) is 62.9 Å². The van der Waals surface area contributed by atoms with Crippen LogP contribution in [0.4, 0.5) is 0 Å². The molecule has 112 valence electrons. The highest BCUT2D eigenvalue weighted by Gasteiger charge is 2.27. The van der Waals surface area contributed by atoms with Gasteiger partial charge in [-0.1, -0.05) is 45.6 Å². The van der Waals surface area contributed by atoms with Gasteiger partial charge in [-0.3, -0.25) is 0 Å². The summed E-state index contributed by atoms with van der Waals surface area (Å²) in [5.41, 5.74) is 0. The molecule has 0 heterocycles. The van der Waals surface area contributed by atoms with Gasteiger partial charge in [-0.15, -0.1) is 6.58 Å². The van der Waals surface area contributed by atoms with Crippen molar-refractivity contribution >= 4 is 0 Å². The number of rotatable bonds is 10. The summed E-state index contributed by atoms with van der Waals surface area (Å²) >= 11 is 0. The summed E-state index contributed by atoms with van der Waals surface area (Å²) in [5, 5.41) is 3.65. The van der Waals surface area contributed by atoms with Gasteiger partial charge in [-0.25, -0.2) is 0 Å². The highest BCUT2D eigenvalue weighted by atomic mass is 14.9. The van der Waals surface area contributed by atoms with E-state index < -0.39 is 0 Å². The lowest BCUT2D eigenvalue weighted by Gasteiger charge is -2.35. The summed E-state index contributed by atoms with van der Waals surface area (Å²) in [4.78, 5) is 0. The van der Waals surface area contributed by atoms with Gasteiger partial charge in [0, 0.05) is 0 Å². The van der Waals surface area contributed by atoms with Crippen molar-refractivity contribution in [2.75, 3.05) is 13.1 Å². The van der Waals surface area contributed by atoms with Crippen LogP contribution in [0.15, 0.2) is 12.7 Å². The van der Waals surface area contributed by atoms with Crippen LogP contribution in [0.1, 0.15) is 71.6 Å². The van der Waals surface area contributed by atoms with E-state index >= 15 is 0 Å². The summed E-state index contributed by atoms with van der Waals surface area (Å²) < 4.78 is 0. The molecule has 0 saturated heterocycles. The van der Waals surface area contributed by atoms with E-state index in [0.29, 0.717) is 0 Å². The Labute approximate surface area is 121 Å². The summed E-state index contributed by atoms with van der Waals surface area (Å²) in [6.45, 7) is 11.0. The van der Waals surface area contributed by atoms with Crippen LogP contribution < -0.4 is 5.32 Å². The lowest BCUT2D eigenvalue weighted by atomic mass is 9.72. The molecule has 1 fully saturated rings. The van der Waals surface area contributed by atoms with Crippen LogP contribution in [0.3, 0.4) is 0 Å². The lowest BCUT2D eigenvalue weighted by Crippen LogP contribution is -2.33. The molecule has 0 aromatic rings. The van der Waals surface area contributed by atoms with Gasteiger partial charge in [0.15, 0.2) is 0 Å². The molecule has 1 nitrogen and oxygen atoms in total. The molecule has 1 heteroatoms. The van der Waals surface area contributed by atoms with Crippen LogP contribution in [-0.4, -0.2) is 13.1 Å². The fourth-order valence-electron chi connectivity index (χ4n) is 3.52. The van der Waals surface area contributed by atoms with Crippen molar-refractivity contribution in [3.63, 3.8) is 0 Å². The first-order chi connectivity index (χ1) is 9.27. The first-order valence-corrected chi connectivity index (χ1v) is 8.59. The topological polar surface area (TPSA) is 12.0 Å². The number of hydrogen-bond donors (Lipinski definition) is 1. The van der Waals surface area contributed by atoms with Gasteiger partial charge in [0.25, 0.3) is 0 Å². The van der Waals surface area contributed by atoms with Gasteiger partial charge in [0.2, 0.25) is 0 Å². The van der Waals surface area contributed by atoms with Crippen LogP contribution in [0, 0.1) is 17.8 Å². The zero-order chi connectivity index (χ0) is 13.9. The van der Waals surface area contributed by atoms with Gasteiger partial charge < -0.3 is 5.32 Å². The first-order valence-electron chi connectivity index (χ1n) is 8.59. The zero-order valence-electron chi connectivity index (χ0n) is 13.3. The van der Waals surface area contributed by atoms with E-state index in [4.69, 9.17) is 0 Å². The second-order valence-corrected chi connectivity index (χ2v) is 6.57. The molecule has 0 amide bonds. The molecule has 0 radical (unpaired) electrons. The molecule has 1 aliphatic carbocycles. The van der Waals surface area contributed by atoms with Crippen molar-refractivity contribution < 1.29 is 0 Å². The minimum absolute atomic E-state index is 0.946. The number of hydrogen-bond acceptors (Lipinski definition) is 1. The Bertz CT molecular complexity index is 224. The first kappa shape index (κ1) is 16.8. The predicted octanol–water partition coefficient (Wildman–Crippen LogP) is 5.17. The Morgan fingerprint density at radius 3 is 2.74 bits per heavy atom. The van der Waals surface area contributed by atoms with Crippen molar-refractivity contribution in [1.29, 1.82) is 0 Å². The van der Waals surface area contributed by atoms with Gasteiger partial charge in [0.1, 0.15) is 0 Å². The van der Waals surface area contributed by atoms with Gasteiger partial charge >= 0.3 is 0 Å². The molecule has 0 aliphatic heterocycles. The molecule has 1 aliphatic rings. The minimum Gasteiger partial charge on any atom is -0.316 e.